The summed E-state index contributed by atoms with van der Waals surface area (Å²) in [5, 5.41) is 10.9. The van der Waals surface area contributed by atoms with Gasteiger partial charge < -0.3 is 9.72 Å². The predicted molar refractivity (Wildman–Crippen MR) is 76.2 cm³/mol. The summed E-state index contributed by atoms with van der Waals surface area (Å²) in [5.41, 5.74) is -3.08. The Balaban J connectivity index is 2.49. The van der Waals surface area contributed by atoms with Crippen LogP contribution in [-0.2, 0) is 0 Å². The van der Waals surface area contributed by atoms with Crippen molar-refractivity contribution < 1.29 is 14.1 Å². The number of nitro groups is 1. The SMILES string of the molecule is COc1ccc(/C=C/c2[nH]c(=O)[nH]c(=O)c2[N+](=O)[O-])c(F)c1. The van der Waals surface area contributed by atoms with E-state index in [2.05, 4.69) is 4.98 Å². The maximum Gasteiger partial charge on any atom is 0.357 e. The first-order valence-electron chi connectivity index (χ1n) is 5.95. The number of ether oxygens (including phenoxy) is 1. The molecule has 0 aliphatic heterocycles. The minimum absolute atomic E-state index is 0.108. The van der Waals surface area contributed by atoms with E-state index < -0.39 is 27.7 Å². The quantitative estimate of drug-likeness (QED) is 0.651. The zero-order chi connectivity index (χ0) is 16.3. The van der Waals surface area contributed by atoms with E-state index >= 15 is 0 Å². The summed E-state index contributed by atoms with van der Waals surface area (Å²) in [6.07, 6.45) is 2.28. The largest absolute Gasteiger partial charge is 0.497 e. The van der Waals surface area contributed by atoms with Gasteiger partial charge in [0, 0.05) is 11.6 Å². The molecule has 9 heteroatoms. The van der Waals surface area contributed by atoms with E-state index in [9.17, 15) is 24.1 Å². The molecule has 0 radical (unpaired) electrons. The first-order valence-corrected chi connectivity index (χ1v) is 5.95. The Morgan fingerprint density at radius 3 is 2.59 bits per heavy atom. The van der Waals surface area contributed by atoms with Crippen molar-refractivity contribution in [2.45, 2.75) is 0 Å². The van der Waals surface area contributed by atoms with Gasteiger partial charge in [-0.05, 0) is 24.3 Å². The number of rotatable bonds is 4. The van der Waals surface area contributed by atoms with Gasteiger partial charge in [0.05, 0.1) is 12.0 Å². The molecule has 114 valence electrons. The number of halogens is 1. The van der Waals surface area contributed by atoms with Crippen LogP contribution in [0.3, 0.4) is 0 Å². The molecule has 2 N–H and O–H groups in total. The van der Waals surface area contributed by atoms with Gasteiger partial charge in [-0.1, -0.05) is 0 Å². The minimum atomic E-state index is -1.14. The summed E-state index contributed by atoms with van der Waals surface area (Å²) in [6.45, 7) is 0. The smallest absolute Gasteiger partial charge is 0.357 e. The monoisotopic (exact) mass is 307 g/mol. The molecule has 0 amide bonds. The summed E-state index contributed by atoms with van der Waals surface area (Å²) >= 11 is 0. The summed E-state index contributed by atoms with van der Waals surface area (Å²) in [6, 6.07) is 4.02. The molecule has 0 aliphatic carbocycles. The lowest BCUT2D eigenvalue weighted by Crippen LogP contribution is -2.25. The number of hydrogen-bond acceptors (Lipinski definition) is 5. The van der Waals surface area contributed by atoms with Gasteiger partial charge in [0.1, 0.15) is 17.3 Å². The van der Waals surface area contributed by atoms with Crippen LogP contribution < -0.4 is 16.0 Å². The lowest BCUT2D eigenvalue weighted by Gasteiger charge is -2.01. The van der Waals surface area contributed by atoms with Gasteiger partial charge in [-0.2, -0.15) is 0 Å². The zero-order valence-corrected chi connectivity index (χ0v) is 11.3. The van der Waals surface area contributed by atoms with Gasteiger partial charge in [0.2, 0.25) is 0 Å². The molecule has 1 heterocycles. The van der Waals surface area contributed by atoms with Crippen molar-refractivity contribution in [3.63, 3.8) is 0 Å². The average molecular weight is 307 g/mol. The average Bonchev–Trinajstić information content (AvgIpc) is 2.44. The first-order chi connectivity index (χ1) is 10.4. The van der Waals surface area contributed by atoms with Crippen LogP contribution in [0.5, 0.6) is 5.75 Å². The van der Waals surface area contributed by atoms with Crippen molar-refractivity contribution in [2.24, 2.45) is 0 Å². The second-order valence-electron chi connectivity index (χ2n) is 4.15. The van der Waals surface area contributed by atoms with Crippen molar-refractivity contribution in [2.75, 3.05) is 7.11 Å². The van der Waals surface area contributed by atoms with Crippen LogP contribution in [0.4, 0.5) is 10.1 Å². The fourth-order valence-corrected chi connectivity index (χ4v) is 1.74. The maximum absolute atomic E-state index is 13.8. The van der Waals surface area contributed by atoms with E-state index in [0.29, 0.717) is 5.75 Å². The number of methoxy groups -OCH3 is 1. The number of benzene rings is 1. The van der Waals surface area contributed by atoms with E-state index in [-0.39, 0.29) is 11.3 Å². The molecule has 22 heavy (non-hydrogen) atoms. The summed E-state index contributed by atoms with van der Waals surface area (Å²) in [7, 11) is 1.38. The minimum Gasteiger partial charge on any atom is -0.497 e. The van der Waals surface area contributed by atoms with E-state index in [0.717, 1.165) is 12.1 Å². The van der Waals surface area contributed by atoms with Crippen LogP contribution in [0.1, 0.15) is 11.3 Å². The van der Waals surface area contributed by atoms with Crippen LogP contribution in [-0.4, -0.2) is 22.0 Å². The Labute approximate surface area is 122 Å². The Hall–Kier alpha value is -3.23. The Morgan fingerprint density at radius 1 is 1.27 bits per heavy atom. The number of nitrogens with one attached hydrogen (secondary N) is 2. The van der Waals surface area contributed by atoms with Crippen molar-refractivity contribution in [1.29, 1.82) is 0 Å². The molecule has 2 aromatic rings. The molecule has 0 unspecified atom stereocenters. The van der Waals surface area contributed by atoms with Gasteiger partial charge in [-0.25, -0.2) is 9.18 Å². The Morgan fingerprint density at radius 2 is 2.00 bits per heavy atom. The van der Waals surface area contributed by atoms with Gasteiger partial charge in [-0.15, -0.1) is 0 Å². The van der Waals surface area contributed by atoms with E-state index in [1.807, 2.05) is 0 Å². The fourth-order valence-electron chi connectivity index (χ4n) is 1.74. The molecule has 0 saturated heterocycles. The predicted octanol–water partition coefficient (Wildman–Crippen LogP) is 1.29. The topological polar surface area (TPSA) is 118 Å². The lowest BCUT2D eigenvalue weighted by atomic mass is 10.1. The van der Waals surface area contributed by atoms with Gasteiger partial charge in [0.15, 0.2) is 0 Å². The Bertz CT molecular complexity index is 869. The van der Waals surface area contributed by atoms with Crippen LogP contribution in [0, 0.1) is 15.9 Å². The summed E-state index contributed by atoms with van der Waals surface area (Å²) < 4.78 is 18.6. The molecular weight excluding hydrogens is 297 g/mol. The van der Waals surface area contributed by atoms with Crippen LogP contribution in [0.2, 0.25) is 0 Å². The molecule has 1 aromatic heterocycles. The van der Waals surface area contributed by atoms with Gasteiger partial charge >= 0.3 is 16.9 Å². The number of nitrogens with zero attached hydrogens (tertiary/aromatic N) is 1. The van der Waals surface area contributed by atoms with Crippen molar-refractivity contribution in [1.82, 2.24) is 9.97 Å². The second-order valence-corrected chi connectivity index (χ2v) is 4.15. The van der Waals surface area contributed by atoms with Crippen molar-refractivity contribution >= 4 is 17.8 Å². The Kier molecular flexibility index (Phi) is 4.16. The lowest BCUT2D eigenvalue weighted by molar-refractivity contribution is -0.386. The number of hydrogen-bond donors (Lipinski definition) is 2. The third-order valence-corrected chi connectivity index (χ3v) is 2.77. The van der Waals surface area contributed by atoms with Crippen molar-refractivity contribution in [3.05, 3.63) is 66.2 Å². The van der Waals surface area contributed by atoms with Crippen LogP contribution >= 0.6 is 0 Å². The highest BCUT2D eigenvalue weighted by Gasteiger charge is 2.18. The number of H-pyrrole nitrogens is 2. The fraction of sp³-hybridized carbons (Fsp3) is 0.0769. The third kappa shape index (κ3) is 3.08. The first kappa shape index (κ1) is 15.2. The number of aromatic nitrogens is 2. The maximum atomic E-state index is 13.8. The molecule has 1 aromatic carbocycles. The molecule has 0 spiro atoms. The molecule has 8 nitrogen and oxygen atoms in total. The normalized spacial score (nSPS) is 10.8. The van der Waals surface area contributed by atoms with E-state index in [1.54, 1.807) is 4.98 Å². The van der Waals surface area contributed by atoms with Crippen LogP contribution in [0.15, 0.2) is 27.8 Å². The number of aromatic amines is 2. The molecule has 0 atom stereocenters. The third-order valence-electron chi connectivity index (χ3n) is 2.77. The molecule has 0 bridgehead atoms. The second kappa shape index (κ2) is 6.04. The zero-order valence-electron chi connectivity index (χ0n) is 11.3. The molecule has 2 rings (SSSR count). The summed E-state index contributed by atoms with van der Waals surface area (Å²) in [4.78, 5) is 36.4. The van der Waals surface area contributed by atoms with Crippen LogP contribution in [0.25, 0.3) is 12.2 Å². The molecule has 0 fully saturated rings. The highest BCUT2D eigenvalue weighted by Crippen LogP contribution is 2.19. The van der Waals surface area contributed by atoms with Crippen molar-refractivity contribution in [3.8, 4) is 5.75 Å². The highest BCUT2D eigenvalue weighted by molar-refractivity contribution is 5.72. The van der Waals surface area contributed by atoms with E-state index in [1.165, 1.54) is 25.3 Å². The summed E-state index contributed by atoms with van der Waals surface area (Å²) in [5.74, 6) is -0.310. The highest BCUT2D eigenvalue weighted by atomic mass is 19.1. The molecular formula is C13H10FN3O5. The standard InChI is InChI=1S/C13H10FN3O5/c1-22-8-4-2-7(9(14)6-8)3-5-10-11(17(20)21)12(18)16-13(19)15-10/h2-6H,1H3,(H2,15,16,18,19)/b5-3+. The molecule has 0 saturated carbocycles. The van der Waals surface area contributed by atoms with E-state index in [4.69, 9.17) is 4.74 Å². The van der Waals surface area contributed by atoms with Gasteiger partial charge in [0.25, 0.3) is 0 Å². The van der Waals surface area contributed by atoms with Gasteiger partial charge in [-0.3, -0.25) is 19.9 Å². The molecule has 0 aliphatic rings.